The van der Waals surface area contributed by atoms with Crippen molar-refractivity contribution in [3.63, 3.8) is 0 Å². The maximum atomic E-state index is 12.7. The van der Waals surface area contributed by atoms with Crippen LogP contribution in [0.5, 0.6) is 0 Å². The lowest BCUT2D eigenvalue weighted by atomic mass is 10.0. The van der Waals surface area contributed by atoms with E-state index < -0.39 is 0 Å². The molecule has 0 aliphatic carbocycles. The van der Waals surface area contributed by atoms with E-state index in [9.17, 15) is 9.59 Å². The van der Waals surface area contributed by atoms with Crippen LogP contribution in [0, 0.1) is 0 Å². The van der Waals surface area contributed by atoms with E-state index in [2.05, 4.69) is 27.3 Å². The molecular formula is C21H21N3O2. The van der Waals surface area contributed by atoms with Crippen molar-refractivity contribution in [3.8, 4) is 0 Å². The number of carbonyl (C=O) groups excluding carboxylic acids is 1. The summed E-state index contributed by atoms with van der Waals surface area (Å²) in [4.78, 5) is 29.8. The summed E-state index contributed by atoms with van der Waals surface area (Å²) in [5, 5.41) is 4.44. The van der Waals surface area contributed by atoms with Crippen LogP contribution in [0.1, 0.15) is 23.3 Å². The van der Waals surface area contributed by atoms with Gasteiger partial charge >= 0.3 is 0 Å². The first-order valence-corrected chi connectivity index (χ1v) is 8.93. The van der Waals surface area contributed by atoms with E-state index in [4.69, 9.17) is 0 Å². The summed E-state index contributed by atoms with van der Waals surface area (Å²) in [6.07, 6.45) is 1.96. The molecule has 1 amide bonds. The first-order valence-electron chi connectivity index (χ1n) is 8.93. The van der Waals surface area contributed by atoms with Gasteiger partial charge in [0.2, 0.25) is 0 Å². The molecule has 1 fully saturated rings. The van der Waals surface area contributed by atoms with Gasteiger partial charge in [-0.25, -0.2) is 0 Å². The summed E-state index contributed by atoms with van der Waals surface area (Å²) in [5.41, 5.74) is 1.25. The summed E-state index contributed by atoms with van der Waals surface area (Å²) < 4.78 is 0. The lowest BCUT2D eigenvalue weighted by molar-refractivity contribution is 0.0928. The van der Waals surface area contributed by atoms with Crippen LogP contribution in [-0.2, 0) is 0 Å². The quantitative estimate of drug-likeness (QED) is 0.766. The highest BCUT2D eigenvalue weighted by Gasteiger charge is 2.22. The zero-order valence-corrected chi connectivity index (χ0v) is 14.4. The summed E-state index contributed by atoms with van der Waals surface area (Å²) in [6.45, 7) is 1.76. The maximum Gasteiger partial charge on any atom is 0.268 e. The third-order valence-electron chi connectivity index (χ3n) is 4.88. The number of aromatic nitrogens is 1. The Bertz CT molecular complexity index is 981. The fourth-order valence-electron chi connectivity index (χ4n) is 3.56. The Balaban J connectivity index is 1.50. The van der Waals surface area contributed by atoms with Crippen LogP contribution in [0.15, 0.2) is 65.5 Å². The van der Waals surface area contributed by atoms with Crippen molar-refractivity contribution >= 4 is 22.4 Å². The van der Waals surface area contributed by atoms with Crippen molar-refractivity contribution in [2.24, 2.45) is 0 Å². The number of anilines is 1. The average molecular weight is 347 g/mol. The molecule has 3 aromatic rings. The molecule has 26 heavy (non-hydrogen) atoms. The van der Waals surface area contributed by atoms with Gasteiger partial charge in [0.25, 0.3) is 11.5 Å². The van der Waals surface area contributed by atoms with E-state index in [-0.39, 0.29) is 17.5 Å². The number of pyridine rings is 1. The highest BCUT2D eigenvalue weighted by Crippen LogP contribution is 2.19. The van der Waals surface area contributed by atoms with Gasteiger partial charge in [-0.1, -0.05) is 36.4 Å². The molecule has 0 saturated carbocycles. The molecule has 1 saturated heterocycles. The third kappa shape index (κ3) is 3.33. The molecule has 2 aromatic carbocycles. The van der Waals surface area contributed by atoms with Crippen LogP contribution >= 0.6 is 0 Å². The second-order valence-electron chi connectivity index (χ2n) is 6.69. The van der Waals surface area contributed by atoms with Gasteiger partial charge in [-0.3, -0.25) is 9.59 Å². The molecule has 4 rings (SSSR count). The number of para-hydroxylation sites is 1. The van der Waals surface area contributed by atoms with Crippen molar-refractivity contribution in [1.29, 1.82) is 0 Å². The van der Waals surface area contributed by atoms with Crippen molar-refractivity contribution in [2.75, 3.05) is 18.0 Å². The van der Waals surface area contributed by atoms with Gasteiger partial charge in [0.1, 0.15) is 5.69 Å². The molecule has 2 N–H and O–H groups in total. The minimum absolute atomic E-state index is 0.0615. The molecule has 2 heterocycles. The molecule has 0 radical (unpaired) electrons. The number of hydrogen-bond acceptors (Lipinski definition) is 3. The van der Waals surface area contributed by atoms with Crippen LogP contribution < -0.4 is 15.8 Å². The van der Waals surface area contributed by atoms with Crippen molar-refractivity contribution in [2.45, 2.75) is 18.9 Å². The largest absolute Gasteiger partial charge is 0.369 e. The minimum atomic E-state index is -0.234. The SMILES string of the molecule is O=C(N[C@H]1CCCN(c2ccccc2)C1)c1cc2ccccc2c(=O)[nH]1. The molecule has 5 heteroatoms. The number of nitrogens with zero attached hydrogens (tertiary/aromatic N) is 1. The number of nitrogens with one attached hydrogen (secondary N) is 2. The Morgan fingerprint density at radius 1 is 1.08 bits per heavy atom. The smallest absolute Gasteiger partial charge is 0.268 e. The Hall–Kier alpha value is -3.08. The number of aromatic amines is 1. The molecule has 0 bridgehead atoms. The zero-order chi connectivity index (χ0) is 17.9. The summed E-state index contributed by atoms with van der Waals surface area (Å²) in [6, 6.07) is 19.3. The van der Waals surface area contributed by atoms with Crippen LogP contribution in [-0.4, -0.2) is 30.0 Å². The van der Waals surface area contributed by atoms with Crippen molar-refractivity contribution in [3.05, 3.63) is 76.7 Å². The predicted octanol–water partition coefficient (Wildman–Crippen LogP) is 2.93. The highest BCUT2D eigenvalue weighted by atomic mass is 16.2. The Kier molecular flexibility index (Phi) is 4.44. The summed E-state index contributed by atoms with van der Waals surface area (Å²) in [5.74, 6) is -0.229. The molecule has 1 aliphatic heterocycles. The van der Waals surface area contributed by atoms with E-state index in [0.717, 1.165) is 31.3 Å². The molecule has 0 spiro atoms. The normalized spacial score (nSPS) is 17.2. The zero-order valence-electron chi connectivity index (χ0n) is 14.4. The lowest BCUT2D eigenvalue weighted by Gasteiger charge is -2.34. The van der Waals surface area contributed by atoms with Gasteiger partial charge < -0.3 is 15.2 Å². The summed E-state index contributed by atoms with van der Waals surface area (Å²) >= 11 is 0. The number of fused-ring (bicyclic) bond motifs is 1. The Morgan fingerprint density at radius 3 is 2.69 bits per heavy atom. The average Bonchev–Trinajstić information content (AvgIpc) is 2.69. The van der Waals surface area contributed by atoms with Gasteiger partial charge in [-0.2, -0.15) is 0 Å². The van der Waals surface area contributed by atoms with Crippen LogP contribution in [0.25, 0.3) is 10.8 Å². The van der Waals surface area contributed by atoms with Crippen LogP contribution in [0.3, 0.4) is 0 Å². The molecule has 1 atom stereocenters. The van der Waals surface area contributed by atoms with E-state index in [1.165, 1.54) is 5.69 Å². The third-order valence-corrected chi connectivity index (χ3v) is 4.88. The molecule has 0 unspecified atom stereocenters. The fourth-order valence-corrected chi connectivity index (χ4v) is 3.56. The van der Waals surface area contributed by atoms with Crippen LogP contribution in [0.2, 0.25) is 0 Å². The second kappa shape index (κ2) is 7.04. The van der Waals surface area contributed by atoms with E-state index in [1.54, 1.807) is 12.1 Å². The second-order valence-corrected chi connectivity index (χ2v) is 6.69. The lowest BCUT2D eigenvalue weighted by Crippen LogP contribution is -2.48. The molecule has 5 nitrogen and oxygen atoms in total. The minimum Gasteiger partial charge on any atom is -0.369 e. The van der Waals surface area contributed by atoms with Gasteiger partial charge in [0.05, 0.1) is 0 Å². The number of carbonyl (C=O) groups is 1. The molecule has 132 valence electrons. The maximum absolute atomic E-state index is 12.7. The van der Waals surface area contributed by atoms with Gasteiger partial charge in [-0.15, -0.1) is 0 Å². The van der Waals surface area contributed by atoms with Crippen molar-refractivity contribution in [1.82, 2.24) is 10.3 Å². The Labute approximate surface area is 151 Å². The number of amides is 1. The van der Waals surface area contributed by atoms with Crippen LogP contribution in [0.4, 0.5) is 5.69 Å². The molecule has 1 aromatic heterocycles. The topological polar surface area (TPSA) is 65.2 Å². The number of hydrogen-bond donors (Lipinski definition) is 2. The number of benzene rings is 2. The number of H-pyrrole nitrogens is 1. The van der Waals surface area contributed by atoms with Gasteiger partial charge in [0, 0.05) is 30.2 Å². The molecule has 1 aliphatic rings. The first kappa shape index (κ1) is 16.4. The first-order chi connectivity index (χ1) is 12.7. The predicted molar refractivity (Wildman–Crippen MR) is 104 cm³/mol. The van der Waals surface area contributed by atoms with E-state index in [1.807, 2.05) is 36.4 Å². The number of piperidine rings is 1. The Morgan fingerprint density at radius 2 is 1.85 bits per heavy atom. The van der Waals surface area contributed by atoms with Gasteiger partial charge in [-0.05, 0) is 42.5 Å². The molecular weight excluding hydrogens is 326 g/mol. The van der Waals surface area contributed by atoms with Gasteiger partial charge in [0.15, 0.2) is 0 Å². The van der Waals surface area contributed by atoms with Crippen molar-refractivity contribution < 1.29 is 4.79 Å². The highest BCUT2D eigenvalue weighted by molar-refractivity contribution is 5.96. The monoisotopic (exact) mass is 347 g/mol. The number of rotatable bonds is 3. The van der Waals surface area contributed by atoms with E-state index >= 15 is 0 Å². The standard InChI is InChI=1S/C21H21N3O2/c25-20-18-11-5-4-7-15(18)13-19(23-20)21(26)22-16-8-6-12-24(14-16)17-9-2-1-3-10-17/h1-5,7,9-11,13,16H,6,8,12,14H2,(H,22,26)(H,23,25)/t16-/m0/s1. The summed E-state index contributed by atoms with van der Waals surface area (Å²) in [7, 11) is 0. The fraction of sp³-hybridized carbons (Fsp3) is 0.238. The van der Waals surface area contributed by atoms with E-state index in [0.29, 0.717) is 11.1 Å².